The molecule has 2 aliphatic rings. The van der Waals surface area contributed by atoms with Crippen molar-refractivity contribution in [2.45, 2.75) is 77.0 Å². The van der Waals surface area contributed by atoms with E-state index in [1.165, 1.54) is 26.0 Å². The molecule has 1 aliphatic heterocycles. The molecular weight excluding hydrogens is 451 g/mol. The molecule has 0 bridgehead atoms. The van der Waals surface area contributed by atoms with Gasteiger partial charge in [-0.05, 0) is 75.1 Å². The van der Waals surface area contributed by atoms with Crippen molar-refractivity contribution in [3.63, 3.8) is 0 Å². The van der Waals surface area contributed by atoms with Crippen LogP contribution in [0.4, 0.5) is 13.2 Å². The van der Waals surface area contributed by atoms with Crippen LogP contribution in [0.3, 0.4) is 0 Å². The summed E-state index contributed by atoms with van der Waals surface area (Å²) in [7, 11) is 0. The molecule has 0 saturated carbocycles. The van der Waals surface area contributed by atoms with Gasteiger partial charge in [0.1, 0.15) is 29.3 Å². The van der Waals surface area contributed by atoms with Crippen LogP contribution in [0.1, 0.15) is 75.6 Å². The number of carbonyl (C=O) groups is 1. The minimum atomic E-state index is -1.52. The molecular formula is C29H34F3NO2. The highest BCUT2D eigenvalue weighted by atomic mass is 19.1. The normalized spacial score (nSPS) is 20.1. The van der Waals surface area contributed by atoms with E-state index in [1.54, 1.807) is 0 Å². The molecule has 2 aromatic carbocycles. The van der Waals surface area contributed by atoms with Gasteiger partial charge in [-0.1, -0.05) is 24.3 Å². The molecule has 188 valence electrons. The number of carbonyl (C=O) groups excluding carboxylic acids is 1. The van der Waals surface area contributed by atoms with Crippen molar-refractivity contribution in [2.75, 3.05) is 13.2 Å². The number of aldehydes is 1. The standard InChI is InChI=1S/C29H34F3NO2/c1-19-14-23-22-11-7-6-10-20(22)15-24(23)28(33(19)18-29(2,3)32)27-25(30)16-21(17-26(27)31)35-13-9-5-4-8-12-34/h6-7,10-12,16-17,19,28H,4-5,8-9,13-15,18H2,1-3H3/t19-,28+/m1/s1. The van der Waals surface area contributed by atoms with Gasteiger partial charge in [0.15, 0.2) is 0 Å². The molecule has 0 fully saturated rings. The molecule has 0 unspecified atom stereocenters. The maximum absolute atomic E-state index is 15.6. The minimum Gasteiger partial charge on any atom is -0.493 e. The highest BCUT2D eigenvalue weighted by molar-refractivity contribution is 5.79. The van der Waals surface area contributed by atoms with Crippen LogP contribution in [0, 0.1) is 11.6 Å². The molecule has 0 N–H and O–H groups in total. The van der Waals surface area contributed by atoms with Gasteiger partial charge in [-0.25, -0.2) is 13.2 Å². The SMILES string of the molecule is C[C@@H]1CC2=C(Cc3ccccc32)[C@@H](c2c(F)cc(OCCCCCC=O)cc2F)N1CC(C)(C)F. The third kappa shape index (κ3) is 5.64. The molecule has 6 heteroatoms. The molecule has 0 amide bonds. The molecule has 4 rings (SSSR count). The van der Waals surface area contributed by atoms with E-state index < -0.39 is 23.3 Å². The van der Waals surface area contributed by atoms with Crippen LogP contribution in [-0.4, -0.2) is 36.0 Å². The first-order chi connectivity index (χ1) is 16.7. The molecule has 3 nitrogen and oxygen atoms in total. The largest absolute Gasteiger partial charge is 0.493 e. The number of hydrogen-bond acceptors (Lipinski definition) is 3. The summed E-state index contributed by atoms with van der Waals surface area (Å²) in [6, 6.07) is 9.79. The summed E-state index contributed by atoms with van der Waals surface area (Å²) in [5.74, 6) is -1.21. The van der Waals surface area contributed by atoms with E-state index >= 15 is 8.78 Å². The fourth-order valence-electron chi connectivity index (χ4n) is 5.45. The predicted octanol–water partition coefficient (Wildman–Crippen LogP) is 7.00. The van der Waals surface area contributed by atoms with E-state index in [4.69, 9.17) is 4.74 Å². The summed E-state index contributed by atoms with van der Waals surface area (Å²) >= 11 is 0. The monoisotopic (exact) mass is 485 g/mol. The lowest BCUT2D eigenvalue weighted by molar-refractivity contribution is -0.107. The summed E-state index contributed by atoms with van der Waals surface area (Å²) < 4.78 is 51.7. The second kappa shape index (κ2) is 10.6. The van der Waals surface area contributed by atoms with Crippen LogP contribution in [0.5, 0.6) is 5.75 Å². The van der Waals surface area contributed by atoms with Crippen molar-refractivity contribution >= 4 is 11.9 Å². The fourth-order valence-corrected chi connectivity index (χ4v) is 5.45. The summed E-state index contributed by atoms with van der Waals surface area (Å²) in [6.45, 7) is 5.40. The van der Waals surface area contributed by atoms with Gasteiger partial charge in [0.25, 0.3) is 0 Å². The summed E-state index contributed by atoms with van der Waals surface area (Å²) in [6.07, 6.45) is 4.99. The van der Waals surface area contributed by atoms with Crippen molar-refractivity contribution in [1.29, 1.82) is 0 Å². The average Bonchev–Trinajstić information content (AvgIpc) is 3.15. The zero-order valence-corrected chi connectivity index (χ0v) is 20.8. The highest BCUT2D eigenvalue weighted by Crippen LogP contribution is 2.50. The first kappa shape index (κ1) is 25.5. The number of nitrogens with zero attached hydrogens (tertiary/aromatic N) is 1. The maximum atomic E-state index is 15.6. The molecule has 2 atom stereocenters. The Morgan fingerprint density at radius 1 is 1.11 bits per heavy atom. The molecule has 1 aliphatic carbocycles. The van der Waals surface area contributed by atoms with Crippen LogP contribution < -0.4 is 4.74 Å². The zero-order chi connectivity index (χ0) is 25.2. The smallest absolute Gasteiger partial charge is 0.134 e. The number of unbranched alkanes of at least 4 members (excludes halogenated alkanes) is 3. The Labute approximate surface area is 206 Å². The number of ether oxygens (including phenoxy) is 1. The quantitative estimate of drug-likeness (QED) is 0.268. The molecule has 0 spiro atoms. The Balaban J connectivity index is 1.66. The van der Waals surface area contributed by atoms with Gasteiger partial charge < -0.3 is 9.53 Å². The maximum Gasteiger partial charge on any atom is 0.134 e. The van der Waals surface area contributed by atoms with Crippen molar-refractivity contribution in [1.82, 2.24) is 4.90 Å². The summed E-state index contributed by atoms with van der Waals surface area (Å²) in [5, 5.41) is 0. The van der Waals surface area contributed by atoms with Crippen LogP contribution >= 0.6 is 0 Å². The minimum absolute atomic E-state index is 0.0422. The lowest BCUT2D eigenvalue weighted by atomic mass is 9.84. The van der Waals surface area contributed by atoms with Gasteiger partial charge in [0, 0.05) is 36.7 Å². The van der Waals surface area contributed by atoms with Crippen molar-refractivity contribution in [3.05, 3.63) is 70.3 Å². The number of rotatable bonds is 10. The lowest BCUT2D eigenvalue weighted by Gasteiger charge is -2.44. The molecule has 0 aromatic heterocycles. The van der Waals surface area contributed by atoms with Crippen molar-refractivity contribution in [2.24, 2.45) is 0 Å². The van der Waals surface area contributed by atoms with E-state index in [1.807, 2.05) is 24.0 Å². The second-order valence-electron chi connectivity index (χ2n) is 10.3. The van der Waals surface area contributed by atoms with E-state index in [0.29, 0.717) is 32.3 Å². The van der Waals surface area contributed by atoms with Gasteiger partial charge in [-0.3, -0.25) is 4.90 Å². The molecule has 2 aromatic rings. The van der Waals surface area contributed by atoms with Gasteiger partial charge in [-0.2, -0.15) is 0 Å². The molecule has 0 saturated heterocycles. The van der Waals surface area contributed by atoms with Crippen LogP contribution in [0.25, 0.3) is 5.57 Å². The molecule has 1 heterocycles. The third-order valence-electron chi connectivity index (χ3n) is 6.96. The summed E-state index contributed by atoms with van der Waals surface area (Å²) in [5.41, 5.74) is 2.80. The molecule has 0 radical (unpaired) electrons. The van der Waals surface area contributed by atoms with Crippen LogP contribution in [0.15, 0.2) is 42.0 Å². The third-order valence-corrected chi connectivity index (χ3v) is 6.96. The Hall–Kier alpha value is -2.60. The first-order valence-corrected chi connectivity index (χ1v) is 12.5. The Morgan fingerprint density at radius 2 is 1.83 bits per heavy atom. The Morgan fingerprint density at radius 3 is 2.51 bits per heavy atom. The number of halogens is 3. The predicted molar refractivity (Wildman–Crippen MR) is 132 cm³/mol. The fraction of sp³-hybridized carbons (Fsp3) is 0.483. The van der Waals surface area contributed by atoms with E-state index in [9.17, 15) is 9.18 Å². The van der Waals surface area contributed by atoms with E-state index in [-0.39, 0.29) is 23.9 Å². The number of hydrogen-bond donors (Lipinski definition) is 0. The number of alkyl halides is 1. The van der Waals surface area contributed by atoms with Gasteiger partial charge in [0.2, 0.25) is 0 Å². The Kier molecular flexibility index (Phi) is 7.70. The van der Waals surface area contributed by atoms with Gasteiger partial charge in [-0.15, -0.1) is 0 Å². The summed E-state index contributed by atoms with van der Waals surface area (Å²) in [4.78, 5) is 12.3. The Bertz CT molecular complexity index is 1080. The number of fused-ring (bicyclic) bond motifs is 2. The van der Waals surface area contributed by atoms with Crippen LogP contribution in [0.2, 0.25) is 0 Å². The topological polar surface area (TPSA) is 29.5 Å². The zero-order valence-electron chi connectivity index (χ0n) is 20.8. The molecule has 35 heavy (non-hydrogen) atoms. The van der Waals surface area contributed by atoms with Crippen LogP contribution in [-0.2, 0) is 11.2 Å². The second-order valence-corrected chi connectivity index (χ2v) is 10.3. The van der Waals surface area contributed by atoms with E-state index in [0.717, 1.165) is 41.4 Å². The average molecular weight is 486 g/mol. The van der Waals surface area contributed by atoms with Crippen molar-refractivity contribution < 1.29 is 22.7 Å². The first-order valence-electron chi connectivity index (χ1n) is 12.5. The van der Waals surface area contributed by atoms with E-state index in [2.05, 4.69) is 12.1 Å². The van der Waals surface area contributed by atoms with Gasteiger partial charge in [0.05, 0.1) is 12.6 Å². The van der Waals surface area contributed by atoms with Gasteiger partial charge >= 0.3 is 0 Å². The highest BCUT2D eigenvalue weighted by Gasteiger charge is 2.42. The number of benzene rings is 2. The lowest BCUT2D eigenvalue weighted by Crippen LogP contribution is -2.47. The van der Waals surface area contributed by atoms with Crippen molar-refractivity contribution in [3.8, 4) is 5.75 Å².